The summed E-state index contributed by atoms with van der Waals surface area (Å²) in [7, 11) is 0. The molecular weight excluding hydrogens is 344 g/mol. The molecule has 0 radical (unpaired) electrons. The summed E-state index contributed by atoms with van der Waals surface area (Å²) in [5.74, 6) is 3.03. The number of carbonyl (C=O) groups excluding carboxylic acids is 2. The molecule has 0 spiro atoms. The third kappa shape index (κ3) is 3.15. The van der Waals surface area contributed by atoms with Crippen LogP contribution in [0.4, 0.5) is 0 Å². The SMILES string of the molecule is CCCCCCC[C@H]1CC2C(CCC3(C)C(=O)CCC23)C2(C)C=CC(=O)C=C12. The predicted molar refractivity (Wildman–Crippen MR) is 114 cm³/mol. The van der Waals surface area contributed by atoms with Crippen LogP contribution in [0, 0.1) is 34.5 Å². The van der Waals surface area contributed by atoms with Crippen molar-refractivity contribution < 1.29 is 9.59 Å². The molecule has 0 amide bonds. The molecule has 0 bridgehead atoms. The van der Waals surface area contributed by atoms with E-state index in [0.717, 1.165) is 25.7 Å². The van der Waals surface area contributed by atoms with Gasteiger partial charge in [-0.25, -0.2) is 0 Å². The van der Waals surface area contributed by atoms with E-state index in [1.165, 1.54) is 50.5 Å². The quantitative estimate of drug-likeness (QED) is 0.495. The summed E-state index contributed by atoms with van der Waals surface area (Å²) in [6.07, 6.45) is 19.1. The van der Waals surface area contributed by atoms with Crippen molar-refractivity contribution >= 4 is 11.6 Å². The van der Waals surface area contributed by atoms with E-state index in [-0.39, 0.29) is 16.6 Å². The van der Waals surface area contributed by atoms with Crippen molar-refractivity contribution in [3.63, 3.8) is 0 Å². The minimum Gasteiger partial charge on any atom is -0.299 e. The molecule has 0 aromatic rings. The fourth-order valence-electron chi connectivity index (χ4n) is 7.46. The van der Waals surface area contributed by atoms with Crippen molar-refractivity contribution in [3.05, 3.63) is 23.8 Å². The number of ketones is 2. The van der Waals surface area contributed by atoms with Gasteiger partial charge in [0.1, 0.15) is 5.78 Å². The number of unbranched alkanes of at least 4 members (excludes halogenated alkanes) is 4. The van der Waals surface area contributed by atoms with E-state index < -0.39 is 0 Å². The van der Waals surface area contributed by atoms with Gasteiger partial charge in [0.25, 0.3) is 0 Å². The van der Waals surface area contributed by atoms with Crippen molar-refractivity contribution in [3.8, 4) is 0 Å². The largest absolute Gasteiger partial charge is 0.299 e. The normalized spacial score (nSPS) is 42.0. The van der Waals surface area contributed by atoms with E-state index in [4.69, 9.17) is 0 Å². The highest BCUT2D eigenvalue weighted by Crippen LogP contribution is 2.65. The maximum absolute atomic E-state index is 12.7. The van der Waals surface area contributed by atoms with E-state index in [9.17, 15) is 9.59 Å². The van der Waals surface area contributed by atoms with Crippen LogP contribution in [0.25, 0.3) is 0 Å². The Kier molecular flexibility index (Phi) is 5.44. The third-order valence-corrected chi connectivity index (χ3v) is 9.08. The Bertz CT molecular complexity index is 701. The number of fused-ring (bicyclic) bond motifs is 5. The first kappa shape index (κ1) is 20.1. The van der Waals surface area contributed by atoms with Crippen molar-refractivity contribution in [2.24, 2.45) is 34.5 Å². The third-order valence-electron chi connectivity index (χ3n) is 9.08. The van der Waals surface area contributed by atoms with Crippen LogP contribution in [0.15, 0.2) is 23.8 Å². The molecule has 5 unspecified atom stereocenters. The first-order chi connectivity index (χ1) is 13.4. The molecule has 3 saturated carbocycles. The van der Waals surface area contributed by atoms with Crippen LogP contribution in [0.3, 0.4) is 0 Å². The lowest BCUT2D eigenvalue weighted by Gasteiger charge is -2.57. The molecule has 0 aromatic heterocycles. The molecule has 154 valence electrons. The zero-order valence-corrected chi connectivity index (χ0v) is 18.1. The van der Waals surface area contributed by atoms with Crippen molar-refractivity contribution in [1.82, 2.24) is 0 Å². The van der Waals surface area contributed by atoms with Crippen LogP contribution in [0.2, 0.25) is 0 Å². The fourth-order valence-corrected chi connectivity index (χ4v) is 7.46. The Hall–Kier alpha value is -1.18. The smallest absolute Gasteiger partial charge is 0.178 e. The molecule has 3 fully saturated rings. The second-order valence-electron chi connectivity index (χ2n) is 10.5. The Labute approximate surface area is 171 Å². The van der Waals surface area contributed by atoms with E-state index in [0.29, 0.717) is 29.5 Å². The summed E-state index contributed by atoms with van der Waals surface area (Å²) < 4.78 is 0. The molecule has 2 nitrogen and oxygen atoms in total. The van der Waals surface area contributed by atoms with Gasteiger partial charge in [-0.15, -0.1) is 0 Å². The van der Waals surface area contributed by atoms with Crippen molar-refractivity contribution in [2.75, 3.05) is 0 Å². The number of carbonyl (C=O) groups is 2. The summed E-state index contributed by atoms with van der Waals surface area (Å²) in [4.78, 5) is 24.9. The van der Waals surface area contributed by atoms with Gasteiger partial charge in [-0.05, 0) is 67.9 Å². The zero-order chi connectivity index (χ0) is 19.9. The molecule has 0 heterocycles. The molecule has 0 N–H and O–H groups in total. The van der Waals surface area contributed by atoms with Gasteiger partial charge in [-0.2, -0.15) is 0 Å². The summed E-state index contributed by atoms with van der Waals surface area (Å²) in [6, 6.07) is 0. The number of rotatable bonds is 6. The lowest BCUT2D eigenvalue weighted by atomic mass is 9.46. The number of hydrogen-bond acceptors (Lipinski definition) is 2. The minimum absolute atomic E-state index is 0.0257. The highest BCUT2D eigenvalue weighted by molar-refractivity contribution is 6.01. The summed E-state index contributed by atoms with van der Waals surface area (Å²) in [5, 5.41) is 0. The molecule has 0 aliphatic heterocycles. The van der Waals surface area contributed by atoms with E-state index in [1.54, 1.807) is 0 Å². The first-order valence-corrected chi connectivity index (χ1v) is 11.9. The van der Waals surface area contributed by atoms with Gasteiger partial charge in [0.15, 0.2) is 5.78 Å². The van der Waals surface area contributed by atoms with Crippen LogP contribution < -0.4 is 0 Å². The van der Waals surface area contributed by atoms with Crippen LogP contribution >= 0.6 is 0 Å². The maximum atomic E-state index is 12.7. The second-order valence-corrected chi connectivity index (χ2v) is 10.5. The Morgan fingerprint density at radius 3 is 2.61 bits per heavy atom. The lowest BCUT2D eigenvalue weighted by molar-refractivity contribution is -0.132. The maximum Gasteiger partial charge on any atom is 0.178 e. The minimum atomic E-state index is -0.0708. The molecule has 6 atom stereocenters. The van der Waals surface area contributed by atoms with Gasteiger partial charge < -0.3 is 0 Å². The molecule has 2 heteroatoms. The van der Waals surface area contributed by atoms with Crippen molar-refractivity contribution in [2.45, 2.75) is 91.4 Å². The first-order valence-electron chi connectivity index (χ1n) is 11.9. The Morgan fingerprint density at radius 2 is 1.82 bits per heavy atom. The average Bonchev–Trinajstić information content (AvgIpc) is 2.98. The van der Waals surface area contributed by atoms with Gasteiger partial charge in [0.05, 0.1) is 0 Å². The predicted octanol–water partition coefficient (Wildman–Crippen LogP) is 6.45. The van der Waals surface area contributed by atoms with Crippen LogP contribution in [0.1, 0.15) is 91.4 Å². The fraction of sp³-hybridized carbons (Fsp3) is 0.769. The second kappa shape index (κ2) is 7.58. The molecule has 4 aliphatic carbocycles. The zero-order valence-electron chi connectivity index (χ0n) is 18.1. The van der Waals surface area contributed by atoms with Gasteiger partial charge in [-0.3, -0.25) is 9.59 Å². The number of hydrogen-bond donors (Lipinski definition) is 0. The lowest BCUT2D eigenvalue weighted by Crippen LogP contribution is -2.51. The van der Waals surface area contributed by atoms with Gasteiger partial charge in [-0.1, -0.05) is 64.5 Å². The number of Topliss-reactive ketones (excluding diaryl/α,β-unsaturated/α-hetero) is 1. The molecule has 0 saturated heterocycles. The highest BCUT2D eigenvalue weighted by atomic mass is 16.1. The molecule has 4 aliphatic rings. The Balaban J connectivity index is 1.59. The topological polar surface area (TPSA) is 34.1 Å². The molecular formula is C26H38O2. The summed E-state index contributed by atoms with van der Waals surface area (Å²) in [6.45, 7) is 6.92. The Morgan fingerprint density at radius 1 is 1.04 bits per heavy atom. The van der Waals surface area contributed by atoms with Crippen LogP contribution in [0.5, 0.6) is 0 Å². The van der Waals surface area contributed by atoms with Gasteiger partial charge in [0.2, 0.25) is 0 Å². The summed E-state index contributed by atoms with van der Waals surface area (Å²) in [5.41, 5.74) is 1.38. The average molecular weight is 383 g/mol. The van der Waals surface area contributed by atoms with E-state index >= 15 is 0 Å². The standard InChI is InChI=1S/C26H38O2/c1-4-5-6-7-8-9-18-16-20-21-10-11-24(28)26(21,3)15-13-22(20)25(2)14-12-19(27)17-23(18)25/h12,14,17-18,20-22H,4-11,13,15-16H2,1-3H3/t18-,20?,21?,22?,25?,26?/m0/s1. The van der Waals surface area contributed by atoms with Crippen molar-refractivity contribution in [1.29, 1.82) is 0 Å². The van der Waals surface area contributed by atoms with Gasteiger partial charge in [0, 0.05) is 17.3 Å². The van der Waals surface area contributed by atoms with Crippen LogP contribution in [-0.4, -0.2) is 11.6 Å². The summed E-state index contributed by atoms with van der Waals surface area (Å²) >= 11 is 0. The van der Waals surface area contributed by atoms with E-state index in [1.807, 2.05) is 12.2 Å². The van der Waals surface area contributed by atoms with Gasteiger partial charge >= 0.3 is 0 Å². The monoisotopic (exact) mass is 382 g/mol. The van der Waals surface area contributed by atoms with Crippen LogP contribution in [-0.2, 0) is 9.59 Å². The molecule has 0 aromatic carbocycles. The van der Waals surface area contributed by atoms with E-state index in [2.05, 4.69) is 26.8 Å². The number of allylic oxidation sites excluding steroid dienone is 4. The molecule has 28 heavy (non-hydrogen) atoms. The molecule has 4 rings (SSSR count). The highest BCUT2D eigenvalue weighted by Gasteiger charge is 2.59.